The van der Waals surface area contributed by atoms with E-state index in [1.165, 1.54) is 12.1 Å². The molecule has 0 unspecified atom stereocenters. The smallest absolute Gasteiger partial charge is 0.326 e. The van der Waals surface area contributed by atoms with Crippen molar-refractivity contribution in [3.63, 3.8) is 0 Å². The summed E-state index contributed by atoms with van der Waals surface area (Å²) in [6.07, 6.45) is 4.12. The van der Waals surface area contributed by atoms with Crippen LogP contribution in [-0.2, 0) is 30.8 Å². The quantitative estimate of drug-likeness (QED) is 0.470. The number of nitrogens with one attached hydrogen (secondary N) is 1. The summed E-state index contributed by atoms with van der Waals surface area (Å²) in [6.45, 7) is 3.49. The molecular formula is C25H27FN6O2. The minimum Gasteiger partial charge on any atom is -0.326 e. The van der Waals surface area contributed by atoms with Gasteiger partial charge in [0.25, 0.3) is 0 Å². The van der Waals surface area contributed by atoms with Gasteiger partial charge in [-0.2, -0.15) is 0 Å². The van der Waals surface area contributed by atoms with Crippen molar-refractivity contribution >= 4 is 22.6 Å². The van der Waals surface area contributed by atoms with Crippen LogP contribution in [0.1, 0.15) is 38.4 Å². The highest BCUT2D eigenvalue weighted by atomic mass is 19.1. The first kappa shape index (κ1) is 22.1. The third-order valence-electron chi connectivity index (χ3n) is 6.40. The number of hydrogen-bond acceptors (Lipinski definition) is 4. The van der Waals surface area contributed by atoms with Gasteiger partial charge >= 0.3 is 5.69 Å². The highest BCUT2D eigenvalue weighted by Crippen LogP contribution is 2.27. The lowest BCUT2D eigenvalue weighted by atomic mass is 10.1. The SMILES string of the molecule is CCn1c(=O)n(CCC(=O)Nc2ccc(F)c(-c3nnc4n3CCCCC4)c2)c2ccccc21. The molecule has 0 atom stereocenters. The van der Waals surface area contributed by atoms with E-state index in [0.717, 1.165) is 49.1 Å². The van der Waals surface area contributed by atoms with Crippen LogP contribution >= 0.6 is 0 Å². The highest BCUT2D eigenvalue weighted by Gasteiger charge is 2.19. The Morgan fingerprint density at radius 1 is 1.06 bits per heavy atom. The van der Waals surface area contributed by atoms with Gasteiger partial charge in [-0.05, 0) is 50.1 Å². The van der Waals surface area contributed by atoms with Gasteiger partial charge in [-0.3, -0.25) is 13.9 Å². The number of aromatic nitrogens is 5. The molecule has 9 heteroatoms. The number of hydrogen-bond donors (Lipinski definition) is 1. The third kappa shape index (κ3) is 4.02. The number of nitrogens with zero attached hydrogens (tertiary/aromatic N) is 5. The lowest BCUT2D eigenvalue weighted by Crippen LogP contribution is -2.25. The predicted molar refractivity (Wildman–Crippen MR) is 128 cm³/mol. The zero-order chi connectivity index (χ0) is 23.7. The van der Waals surface area contributed by atoms with Crippen LogP contribution in [0.3, 0.4) is 0 Å². The molecule has 4 aromatic rings. The van der Waals surface area contributed by atoms with Crippen LogP contribution in [0.2, 0.25) is 0 Å². The van der Waals surface area contributed by atoms with E-state index in [1.807, 2.05) is 35.8 Å². The molecule has 0 saturated carbocycles. The van der Waals surface area contributed by atoms with Crippen LogP contribution in [-0.4, -0.2) is 29.8 Å². The zero-order valence-corrected chi connectivity index (χ0v) is 19.1. The zero-order valence-electron chi connectivity index (χ0n) is 19.1. The monoisotopic (exact) mass is 462 g/mol. The minimum absolute atomic E-state index is 0.116. The normalized spacial score (nSPS) is 13.6. The number of amides is 1. The summed E-state index contributed by atoms with van der Waals surface area (Å²) in [5.74, 6) is 0.705. The summed E-state index contributed by atoms with van der Waals surface area (Å²) in [5.41, 5.74) is 2.33. The highest BCUT2D eigenvalue weighted by molar-refractivity contribution is 5.91. The summed E-state index contributed by atoms with van der Waals surface area (Å²) in [7, 11) is 0. The largest absolute Gasteiger partial charge is 0.329 e. The number of carbonyl (C=O) groups excluding carboxylic acids is 1. The van der Waals surface area contributed by atoms with E-state index >= 15 is 0 Å². The molecule has 0 radical (unpaired) electrons. The standard InChI is InChI=1S/C25H27FN6O2/c1-2-30-20-8-5-6-9-21(20)31(25(30)34)15-13-23(33)27-17-11-12-19(26)18(16-17)24-29-28-22-10-4-3-7-14-32(22)24/h5-6,8-9,11-12,16H,2-4,7,10,13-15H2,1H3,(H,27,33). The second-order valence-electron chi connectivity index (χ2n) is 8.56. The van der Waals surface area contributed by atoms with Crippen molar-refractivity contribution in [3.8, 4) is 11.4 Å². The lowest BCUT2D eigenvalue weighted by molar-refractivity contribution is -0.116. The number of fused-ring (bicyclic) bond motifs is 2. The van der Waals surface area contributed by atoms with E-state index in [2.05, 4.69) is 15.5 Å². The van der Waals surface area contributed by atoms with Gasteiger partial charge in [0.1, 0.15) is 11.6 Å². The Morgan fingerprint density at radius 3 is 2.65 bits per heavy atom. The second-order valence-corrected chi connectivity index (χ2v) is 8.56. The number of halogens is 1. The van der Waals surface area contributed by atoms with Crippen molar-refractivity contribution in [2.24, 2.45) is 0 Å². The lowest BCUT2D eigenvalue weighted by Gasteiger charge is -2.11. The summed E-state index contributed by atoms with van der Waals surface area (Å²) in [6, 6.07) is 12.0. The maximum absolute atomic E-state index is 14.7. The van der Waals surface area contributed by atoms with E-state index in [4.69, 9.17) is 0 Å². The van der Waals surface area contributed by atoms with Gasteiger partial charge in [-0.1, -0.05) is 18.6 Å². The second kappa shape index (κ2) is 9.24. The van der Waals surface area contributed by atoms with Crippen LogP contribution in [0.15, 0.2) is 47.3 Å². The average molecular weight is 463 g/mol. The Morgan fingerprint density at radius 2 is 1.85 bits per heavy atom. The van der Waals surface area contributed by atoms with Crippen molar-refractivity contribution in [1.29, 1.82) is 0 Å². The van der Waals surface area contributed by atoms with Gasteiger partial charge in [0.05, 0.1) is 16.6 Å². The molecule has 2 aromatic carbocycles. The number of para-hydroxylation sites is 2. The van der Waals surface area contributed by atoms with Crippen molar-refractivity contribution in [2.75, 3.05) is 5.32 Å². The molecule has 1 aliphatic rings. The molecular weight excluding hydrogens is 435 g/mol. The minimum atomic E-state index is -0.406. The molecule has 1 amide bonds. The number of rotatable bonds is 6. The molecule has 5 rings (SSSR count). The summed E-state index contributed by atoms with van der Waals surface area (Å²) in [5, 5.41) is 11.3. The van der Waals surface area contributed by atoms with Crippen molar-refractivity contribution in [1.82, 2.24) is 23.9 Å². The topological polar surface area (TPSA) is 86.7 Å². The van der Waals surface area contributed by atoms with Crippen molar-refractivity contribution < 1.29 is 9.18 Å². The number of anilines is 1. The van der Waals surface area contributed by atoms with Gasteiger partial charge in [0.2, 0.25) is 5.91 Å². The van der Waals surface area contributed by atoms with Crippen LogP contribution in [0.4, 0.5) is 10.1 Å². The average Bonchev–Trinajstić information content (AvgIpc) is 3.25. The Balaban J connectivity index is 1.34. The molecule has 8 nitrogen and oxygen atoms in total. The number of carbonyl (C=O) groups is 1. The number of aryl methyl sites for hydroxylation is 3. The van der Waals surface area contributed by atoms with E-state index < -0.39 is 5.82 Å². The van der Waals surface area contributed by atoms with Gasteiger partial charge in [0.15, 0.2) is 5.82 Å². The van der Waals surface area contributed by atoms with E-state index in [0.29, 0.717) is 23.6 Å². The molecule has 0 spiro atoms. The Labute approximate surface area is 196 Å². The van der Waals surface area contributed by atoms with Crippen molar-refractivity contribution in [2.45, 2.75) is 58.7 Å². The fourth-order valence-electron chi connectivity index (χ4n) is 4.69. The first-order valence-electron chi connectivity index (χ1n) is 11.8. The fourth-order valence-corrected chi connectivity index (χ4v) is 4.69. The molecule has 0 saturated heterocycles. The molecule has 0 aliphatic carbocycles. The Hall–Kier alpha value is -3.75. The van der Waals surface area contributed by atoms with Crippen LogP contribution < -0.4 is 11.0 Å². The summed E-state index contributed by atoms with van der Waals surface area (Å²) in [4.78, 5) is 25.5. The van der Waals surface area contributed by atoms with Gasteiger partial charge in [0, 0.05) is 38.2 Å². The molecule has 0 bridgehead atoms. The van der Waals surface area contributed by atoms with Crippen LogP contribution in [0.5, 0.6) is 0 Å². The first-order chi connectivity index (χ1) is 16.6. The van der Waals surface area contributed by atoms with E-state index in [9.17, 15) is 14.0 Å². The molecule has 1 N–H and O–H groups in total. The predicted octanol–water partition coefficient (Wildman–Crippen LogP) is 3.98. The molecule has 34 heavy (non-hydrogen) atoms. The van der Waals surface area contributed by atoms with E-state index in [-0.39, 0.29) is 24.6 Å². The number of benzene rings is 2. The van der Waals surface area contributed by atoms with Crippen LogP contribution in [0.25, 0.3) is 22.4 Å². The maximum atomic E-state index is 14.7. The third-order valence-corrected chi connectivity index (χ3v) is 6.40. The molecule has 2 aromatic heterocycles. The fraction of sp³-hybridized carbons (Fsp3) is 0.360. The van der Waals surface area contributed by atoms with Crippen LogP contribution in [0, 0.1) is 5.82 Å². The summed E-state index contributed by atoms with van der Waals surface area (Å²) < 4.78 is 20.0. The van der Waals surface area contributed by atoms with Gasteiger partial charge < -0.3 is 9.88 Å². The maximum Gasteiger partial charge on any atom is 0.329 e. The van der Waals surface area contributed by atoms with Gasteiger partial charge in [-0.25, -0.2) is 9.18 Å². The number of imidazole rings is 1. The molecule has 1 aliphatic heterocycles. The Bertz CT molecular complexity index is 1420. The molecule has 176 valence electrons. The van der Waals surface area contributed by atoms with E-state index in [1.54, 1.807) is 15.2 Å². The molecule has 3 heterocycles. The molecule has 0 fully saturated rings. The van der Waals surface area contributed by atoms with Gasteiger partial charge in [-0.15, -0.1) is 10.2 Å². The Kier molecular flexibility index (Phi) is 6.00. The first-order valence-corrected chi connectivity index (χ1v) is 11.8. The van der Waals surface area contributed by atoms with Crippen molar-refractivity contribution in [3.05, 3.63) is 64.6 Å². The summed E-state index contributed by atoms with van der Waals surface area (Å²) >= 11 is 0.